The van der Waals surface area contributed by atoms with Gasteiger partial charge in [0.1, 0.15) is 24.5 Å². The second kappa shape index (κ2) is 13.9. The van der Waals surface area contributed by atoms with E-state index in [1.165, 1.54) is 0 Å². The van der Waals surface area contributed by atoms with E-state index in [0.717, 1.165) is 12.0 Å². The average molecular weight is 503 g/mol. The number of hydrazone groups is 1. The first-order chi connectivity index (χ1) is 17.2. The fourth-order valence-corrected chi connectivity index (χ4v) is 5.06. The summed E-state index contributed by atoms with van der Waals surface area (Å²) < 4.78 is 0. The molecule has 1 heterocycles. The molecule has 0 saturated carbocycles. The lowest BCUT2D eigenvalue weighted by molar-refractivity contribution is -0.153. The molecule has 2 amide bonds. The van der Waals surface area contributed by atoms with Crippen LogP contribution in [0.5, 0.6) is 0 Å². The number of hydrogen-bond donors (Lipinski definition) is 4. The number of hydrazine groups is 1. The quantitative estimate of drug-likeness (QED) is 0.0949. The van der Waals surface area contributed by atoms with Gasteiger partial charge in [0.15, 0.2) is 5.78 Å². The van der Waals surface area contributed by atoms with Gasteiger partial charge in [-0.1, -0.05) is 63.9 Å². The second-order valence-corrected chi connectivity index (χ2v) is 9.86. The summed E-state index contributed by atoms with van der Waals surface area (Å²) in [7, 11) is 1.81. The summed E-state index contributed by atoms with van der Waals surface area (Å²) in [6.07, 6.45) is 5.17. The third-order valence-electron chi connectivity index (χ3n) is 7.11. The number of carbonyl (C=O) groups excluding carboxylic acids is 3. The molecule has 1 aliphatic heterocycles. The molecule has 4 atom stereocenters. The average Bonchev–Trinajstić information content (AvgIpc) is 3.32. The number of nitrogens with two attached hydrogens (primary N) is 1. The monoisotopic (exact) mass is 502 g/mol. The molecular weight excluding hydrogens is 460 g/mol. The maximum atomic E-state index is 14.5. The minimum absolute atomic E-state index is 0.0754. The van der Waals surface area contributed by atoms with Crippen LogP contribution in [0.4, 0.5) is 0 Å². The Hall–Kier alpha value is -2.98. The van der Waals surface area contributed by atoms with Crippen molar-refractivity contribution >= 4 is 23.9 Å². The molecule has 36 heavy (non-hydrogen) atoms. The summed E-state index contributed by atoms with van der Waals surface area (Å²) in [5.41, 5.74) is 3.67. The third-order valence-corrected chi connectivity index (χ3v) is 7.11. The van der Waals surface area contributed by atoms with Crippen molar-refractivity contribution in [2.45, 2.75) is 71.8 Å². The van der Waals surface area contributed by atoms with Crippen molar-refractivity contribution in [3.63, 3.8) is 0 Å². The summed E-state index contributed by atoms with van der Waals surface area (Å²) >= 11 is 0. The van der Waals surface area contributed by atoms with Crippen molar-refractivity contribution in [2.75, 3.05) is 13.7 Å². The van der Waals surface area contributed by atoms with Crippen LogP contribution >= 0.6 is 0 Å². The van der Waals surface area contributed by atoms with Gasteiger partial charge >= 0.3 is 0 Å². The van der Waals surface area contributed by atoms with E-state index < -0.39 is 35.0 Å². The molecule has 10 nitrogen and oxygen atoms in total. The Morgan fingerprint density at radius 3 is 2.44 bits per heavy atom. The van der Waals surface area contributed by atoms with Crippen LogP contribution in [0.25, 0.3) is 0 Å². The number of aryl methyl sites for hydroxylation is 1. The Labute approximate surface area is 214 Å². The second-order valence-electron chi connectivity index (χ2n) is 9.86. The Morgan fingerprint density at radius 2 is 1.92 bits per heavy atom. The lowest BCUT2D eigenvalue weighted by Crippen LogP contribution is -2.59. The van der Waals surface area contributed by atoms with Gasteiger partial charge in [0.25, 0.3) is 0 Å². The van der Waals surface area contributed by atoms with E-state index in [1.54, 1.807) is 21.7 Å². The van der Waals surface area contributed by atoms with Gasteiger partial charge in [0.2, 0.25) is 11.8 Å². The third kappa shape index (κ3) is 7.04. The Bertz CT molecular complexity index is 896. The van der Waals surface area contributed by atoms with Crippen LogP contribution in [-0.2, 0) is 20.8 Å². The van der Waals surface area contributed by atoms with Gasteiger partial charge in [-0.3, -0.25) is 30.0 Å². The molecule has 1 aromatic rings. The molecule has 0 fully saturated rings. The Morgan fingerprint density at radius 1 is 1.22 bits per heavy atom. The van der Waals surface area contributed by atoms with E-state index in [1.807, 2.05) is 58.2 Å². The SMILES string of the molecule is CCCC(C[C@@H](C)CC)(C(=O)NN)C(=O)[C@@H]([C@H](CCCc1ccccc1)C(=O)NO)N1CN(C)C=N1. The molecule has 200 valence electrons. The summed E-state index contributed by atoms with van der Waals surface area (Å²) in [5.74, 6) is 3.14. The molecule has 0 spiro atoms. The van der Waals surface area contributed by atoms with E-state index in [2.05, 4.69) is 10.5 Å². The van der Waals surface area contributed by atoms with E-state index in [-0.39, 0.29) is 12.6 Å². The van der Waals surface area contributed by atoms with E-state index in [4.69, 9.17) is 5.84 Å². The Balaban J connectivity index is 2.50. The van der Waals surface area contributed by atoms with Gasteiger partial charge in [-0.25, -0.2) is 11.3 Å². The van der Waals surface area contributed by atoms with Gasteiger partial charge in [-0.2, -0.15) is 5.10 Å². The lowest BCUT2D eigenvalue weighted by Gasteiger charge is -2.40. The summed E-state index contributed by atoms with van der Waals surface area (Å²) in [4.78, 5) is 42.6. The highest BCUT2D eigenvalue weighted by Gasteiger charge is 2.52. The first kappa shape index (κ1) is 29.3. The predicted molar refractivity (Wildman–Crippen MR) is 138 cm³/mol. The fraction of sp³-hybridized carbons (Fsp3) is 0.615. The number of hydrogen-bond acceptors (Lipinski definition) is 8. The first-order valence-corrected chi connectivity index (χ1v) is 12.8. The van der Waals surface area contributed by atoms with Gasteiger partial charge < -0.3 is 4.90 Å². The van der Waals surface area contributed by atoms with Crippen molar-refractivity contribution in [1.29, 1.82) is 0 Å². The molecule has 0 aliphatic carbocycles. The number of nitrogens with zero attached hydrogens (tertiary/aromatic N) is 3. The summed E-state index contributed by atoms with van der Waals surface area (Å²) in [5, 5.41) is 15.6. The zero-order valence-electron chi connectivity index (χ0n) is 21.9. The number of amides is 2. The first-order valence-electron chi connectivity index (χ1n) is 12.8. The molecular formula is C26H42N6O4. The maximum Gasteiger partial charge on any atom is 0.249 e. The van der Waals surface area contributed by atoms with Crippen molar-refractivity contribution in [1.82, 2.24) is 20.8 Å². The minimum atomic E-state index is -1.42. The summed E-state index contributed by atoms with van der Waals surface area (Å²) in [6.45, 7) is 6.20. The molecule has 10 heteroatoms. The highest BCUT2D eigenvalue weighted by Crippen LogP contribution is 2.39. The van der Waals surface area contributed by atoms with Crippen molar-refractivity contribution in [2.24, 2.45) is 28.2 Å². The number of benzene rings is 1. The molecule has 0 saturated heterocycles. The standard InChI is InChI=1S/C26H42N6O4/c1-5-15-26(25(35)29-27,16-19(3)6-2)23(33)22(32-18-31(4)17-28-32)21(24(34)30-36)14-10-13-20-11-8-7-9-12-20/h7-9,11-12,17,19,21-22,36H,5-6,10,13-16,18,27H2,1-4H3,(H,29,35)(H,30,34)/t19-,21-,22+,26?/m0/s1. The molecule has 0 radical (unpaired) electrons. The van der Waals surface area contributed by atoms with Crippen LogP contribution < -0.4 is 16.7 Å². The highest BCUT2D eigenvalue weighted by molar-refractivity contribution is 6.09. The predicted octanol–water partition coefficient (Wildman–Crippen LogP) is 2.43. The molecule has 1 aromatic carbocycles. The van der Waals surface area contributed by atoms with Crippen LogP contribution in [0.3, 0.4) is 0 Å². The molecule has 2 rings (SSSR count). The molecule has 1 aliphatic rings. The number of carbonyl (C=O) groups is 3. The van der Waals surface area contributed by atoms with Crippen molar-refractivity contribution in [3.8, 4) is 0 Å². The largest absolute Gasteiger partial charge is 0.345 e. The van der Waals surface area contributed by atoms with E-state index >= 15 is 0 Å². The van der Waals surface area contributed by atoms with Crippen LogP contribution in [0.2, 0.25) is 0 Å². The molecule has 0 aromatic heterocycles. The van der Waals surface area contributed by atoms with Crippen LogP contribution in [-0.4, -0.2) is 58.8 Å². The zero-order valence-corrected chi connectivity index (χ0v) is 21.9. The maximum absolute atomic E-state index is 14.5. The van der Waals surface area contributed by atoms with Gasteiger partial charge in [-0.15, -0.1) is 0 Å². The fourth-order valence-electron chi connectivity index (χ4n) is 5.06. The van der Waals surface area contributed by atoms with Crippen LogP contribution in [0.1, 0.15) is 64.9 Å². The van der Waals surface area contributed by atoms with Gasteiger partial charge in [0, 0.05) is 7.05 Å². The number of rotatable bonds is 15. The number of Topliss-reactive ketones (excluding diaryl/α,β-unsaturated/α-hetero) is 1. The summed E-state index contributed by atoms with van der Waals surface area (Å²) in [6, 6.07) is 8.81. The molecule has 5 N–H and O–H groups in total. The molecule has 0 bridgehead atoms. The van der Waals surface area contributed by atoms with Gasteiger partial charge in [-0.05, 0) is 43.6 Å². The van der Waals surface area contributed by atoms with E-state index in [9.17, 15) is 19.6 Å². The minimum Gasteiger partial charge on any atom is -0.345 e. The van der Waals surface area contributed by atoms with Crippen molar-refractivity contribution < 1.29 is 19.6 Å². The highest BCUT2D eigenvalue weighted by atomic mass is 16.5. The topological polar surface area (TPSA) is 140 Å². The normalized spacial score (nSPS) is 17.3. The van der Waals surface area contributed by atoms with Crippen molar-refractivity contribution in [3.05, 3.63) is 35.9 Å². The van der Waals surface area contributed by atoms with Crippen LogP contribution in [0.15, 0.2) is 35.4 Å². The number of ketones is 1. The number of nitrogens with one attached hydrogen (secondary N) is 2. The smallest absolute Gasteiger partial charge is 0.249 e. The lowest BCUT2D eigenvalue weighted by atomic mass is 9.67. The zero-order chi connectivity index (χ0) is 26.7. The molecule has 1 unspecified atom stereocenters. The van der Waals surface area contributed by atoms with Crippen LogP contribution in [0, 0.1) is 17.3 Å². The number of hydroxylamine groups is 1. The van der Waals surface area contributed by atoms with E-state index in [0.29, 0.717) is 38.5 Å². The van der Waals surface area contributed by atoms with Gasteiger partial charge in [0.05, 0.1) is 5.92 Å². The Kier molecular flexibility index (Phi) is 11.3.